The molecule has 10 nitrogen and oxygen atoms in total. The lowest BCUT2D eigenvalue weighted by molar-refractivity contribution is -0.384. The summed E-state index contributed by atoms with van der Waals surface area (Å²) in [6.45, 7) is 0. The fourth-order valence-electron chi connectivity index (χ4n) is 6.86. The molecular formula is C27H19Br2Cl2N3O7. The second-order valence-electron chi connectivity index (χ2n) is 10.5. The molecule has 0 aromatic heterocycles. The van der Waals surface area contributed by atoms with Crippen molar-refractivity contribution < 1.29 is 29.2 Å². The molecule has 14 heteroatoms. The third-order valence-electron chi connectivity index (χ3n) is 8.61. The number of non-ortho nitro benzene ring substituents is 1. The average molecular weight is 728 g/mol. The number of likely N-dealkylation sites (tertiary alicyclic amines) is 1. The van der Waals surface area contributed by atoms with Crippen LogP contribution >= 0.6 is 55.1 Å². The SMILES string of the molecule is O=C1[C@H]2[C@H](CC=C3[C@H]2C[C@@]2(Cl)C(=O)N(CBr)C(=O)[C@@]2(Cl)[C@H]3c2cc(Br)ccc2O)C(=O)N1c1cccc([N+](=O)[O-])c1. The zero-order valence-electron chi connectivity index (χ0n) is 20.8. The van der Waals surface area contributed by atoms with Crippen LogP contribution in [-0.2, 0) is 19.2 Å². The molecule has 1 N–H and O–H groups in total. The van der Waals surface area contributed by atoms with Gasteiger partial charge in [0, 0.05) is 28.1 Å². The van der Waals surface area contributed by atoms with Crippen LogP contribution in [0.2, 0.25) is 0 Å². The molecule has 1 saturated carbocycles. The van der Waals surface area contributed by atoms with Crippen molar-refractivity contribution in [2.24, 2.45) is 17.8 Å². The first kappa shape index (κ1) is 28.3. The quantitative estimate of drug-likeness (QED) is 0.117. The van der Waals surface area contributed by atoms with E-state index in [0.29, 0.717) is 10.0 Å². The molecule has 3 fully saturated rings. The Kier molecular flexibility index (Phi) is 6.64. The number of phenolic OH excluding ortho intramolecular Hbond substituents is 1. The van der Waals surface area contributed by atoms with Crippen molar-refractivity contribution in [2.75, 3.05) is 10.4 Å². The smallest absolute Gasteiger partial charge is 0.271 e. The minimum Gasteiger partial charge on any atom is -0.508 e. The first-order valence-electron chi connectivity index (χ1n) is 12.5. The van der Waals surface area contributed by atoms with Gasteiger partial charge in [-0.15, -0.1) is 23.2 Å². The molecule has 2 aromatic carbocycles. The van der Waals surface area contributed by atoms with Gasteiger partial charge in [-0.1, -0.05) is 49.6 Å². The number of aromatic hydroxyl groups is 1. The highest BCUT2D eigenvalue weighted by Gasteiger charge is 2.76. The first-order valence-corrected chi connectivity index (χ1v) is 15.1. The van der Waals surface area contributed by atoms with Gasteiger partial charge >= 0.3 is 0 Å². The fraction of sp³-hybridized carbons (Fsp3) is 0.333. The van der Waals surface area contributed by atoms with Gasteiger partial charge in [0.1, 0.15) is 5.75 Å². The average Bonchev–Trinajstić information content (AvgIpc) is 3.28. The summed E-state index contributed by atoms with van der Waals surface area (Å²) < 4.78 is 0.570. The summed E-state index contributed by atoms with van der Waals surface area (Å²) in [5.74, 6) is -6.51. The molecule has 0 spiro atoms. The molecule has 2 saturated heterocycles. The van der Waals surface area contributed by atoms with Gasteiger partial charge in [0.15, 0.2) is 9.75 Å². The lowest BCUT2D eigenvalue weighted by Crippen LogP contribution is -2.60. The molecule has 0 bridgehead atoms. The van der Waals surface area contributed by atoms with Crippen LogP contribution in [0.5, 0.6) is 5.75 Å². The highest BCUT2D eigenvalue weighted by Crippen LogP contribution is 2.66. The lowest BCUT2D eigenvalue weighted by atomic mass is 9.56. The summed E-state index contributed by atoms with van der Waals surface area (Å²) in [6.07, 6.45) is 1.64. The number of nitrogens with zero attached hydrogens (tertiary/aromatic N) is 3. The van der Waals surface area contributed by atoms with E-state index in [1.54, 1.807) is 18.2 Å². The Morgan fingerprint density at radius 3 is 2.46 bits per heavy atom. The number of amides is 4. The van der Waals surface area contributed by atoms with Crippen molar-refractivity contribution in [1.29, 1.82) is 0 Å². The summed E-state index contributed by atoms with van der Waals surface area (Å²) in [5.41, 5.74) is 0.367. The summed E-state index contributed by atoms with van der Waals surface area (Å²) in [7, 11) is 0. The van der Waals surface area contributed by atoms with Crippen LogP contribution < -0.4 is 4.90 Å². The summed E-state index contributed by atoms with van der Waals surface area (Å²) in [6, 6.07) is 9.85. The monoisotopic (exact) mass is 725 g/mol. The number of anilines is 1. The van der Waals surface area contributed by atoms with Gasteiger partial charge in [-0.3, -0.25) is 34.2 Å². The highest BCUT2D eigenvalue weighted by molar-refractivity contribution is 9.10. The fourth-order valence-corrected chi connectivity index (χ4v) is 8.65. The Hall–Kier alpha value is -2.80. The number of halogens is 4. The molecule has 0 radical (unpaired) electrons. The number of phenols is 1. The van der Waals surface area contributed by atoms with E-state index in [9.17, 15) is 34.4 Å². The Balaban J connectivity index is 1.52. The van der Waals surface area contributed by atoms with E-state index in [0.717, 1.165) is 15.9 Å². The molecule has 212 valence electrons. The van der Waals surface area contributed by atoms with Gasteiger partial charge in [-0.05, 0) is 43.0 Å². The van der Waals surface area contributed by atoms with Gasteiger partial charge in [-0.25, -0.2) is 4.90 Å². The van der Waals surface area contributed by atoms with Crippen LogP contribution in [0, 0.1) is 27.9 Å². The van der Waals surface area contributed by atoms with Crippen molar-refractivity contribution in [1.82, 2.24) is 4.90 Å². The molecule has 0 unspecified atom stereocenters. The molecule has 2 aliphatic heterocycles. The number of hydrogen-bond donors (Lipinski definition) is 1. The number of carbonyl (C=O) groups is 4. The molecular weight excluding hydrogens is 709 g/mol. The third kappa shape index (κ3) is 3.73. The Morgan fingerprint density at radius 1 is 1.05 bits per heavy atom. The van der Waals surface area contributed by atoms with Crippen LogP contribution in [0.4, 0.5) is 11.4 Å². The number of hydrogen-bond acceptors (Lipinski definition) is 7. The lowest BCUT2D eigenvalue weighted by Gasteiger charge is -2.50. The molecule has 41 heavy (non-hydrogen) atoms. The molecule has 6 rings (SSSR count). The number of nitro benzene ring substituents is 1. The van der Waals surface area contributed by atoms with Crippen molar-refractivity contribution in [2.45, 2.75) is 28.5 Å². The Labute approximate surface area is 259 Å². The molecule has 4 aliphatic rings. The zero-order chi connectivity index (χ0) is 29.6. The number of alkyl halides is 3. The van der Waals surface area contributed by atoms with E-state index < -0.39 is 62.0 Å². The van der Waals surface area contributed by atoms with Crippen LogP contribution in [0.25, 0.3) is 0 Å². The number of carbonyl (C=O) groups excluding carboxylic acids is 4. The van der Waals surface area contributed by atoms with E-state index in [-0.39, 0.29) is 41.0 Å². The molecule has 2 aromatic rings. The third-order valence-corrected chi connectivity index (χ3v) is 11.0. The molecule has 2 heterocycles. The van der Waals surface area contributed by atoms with Gasteiger partial charge in [-0.2, -0.15) is 0 Å². The van der Waals surface area contributed by atoms with E-state index in [4.69, 9.17) is 23.2 Å². The van der Waals surface area contributed by atoms with Crippen LogP contribution in [0.1, 0.15) is 24.3 Å². The summed E-state index contributed by atoms with van der Waals surface area (Å²) in [4.78, 5) is 63.6. The Bertz CT molecular complexity index is 1620. The minimum absolute atomic E-state index is 0.0620. The number of rotatable bonds is 4. The minimum atomic E-state index is -2.04. The van der Waals surface area contributed by atoms with E-state index in [2.05, 4.69) is 31.9 Å². The van der Waals surface area contributed by atoms with Crippen molar-refractivity contribution in [3.05, 3.63) is 74.3 Å². The summed E-state index contributed by atoms with van der Waals surface area (Å²) >= 11 is 20.9. The standard InChI is InChI=1S/C27H19Br2Cl2N3O7/c28-11-32-24(38)26(30)10-18-15(21(27(26,31)25(32)39)17-8-12(29)4-7-19(17)35)5-6-16-20(18)23(37)33(22(16)36)13-2-1-3-14(9-13)34(40)41/h1-5,7-9,16,18,20-21,35H,6,10-11H2/t16-,18+,20-,21+,26+,27-/m0/s1. The largest absolute Gasteiger partial charge is 0.508 e. The van der Waals surface area contributed by atoms with Crippen LogP contribution in [-0.4, -0.2) is 53.8 Å². The topological polar surface area (TPSA) is 138 Å². The second-order valence-corrected chi connectivity index (χ2v) is 13.1. The normalized spacial score (nSPS) is 32.5. The number of benzene rings is 2. The van der Waals surface area contributed by atoms with E-state index >= 15 is 0 Å². The number of allylic oxidation sites excluding steroid dienone is 2. The van der Waals surface area contributed by atoms with E-state index in [1.807, 2.05) is 0 Å². The predicted octanol–water partition coefficient (Wildman–Crippen LogP) is 4.98. The number of nitro groups is 1. The van der Waals surface area contributed by atoms with Gasteiger partial charge < -0.3 is 5.11 Å². The molecule has 2 aliphatic carbocycles. The second kappa shape index (κ2) is 9.62. The van der Waals surface area contributed by atoms with Gasteiger partial charge in [0.25, 0.3) is 17.5 Å². The van der Waals surface area contributed by atoms with Gasteiger partial charge in [0.05, 0.1) is 27.9 Å². The van der Waals surface area contributed by atoms with Crippen LogP contribution in [0.15, 0.2) is 58.6 Å². The maximum Gasteiger partial charge on any atom is 0.271 e. The Morgan fingerprint density at radius 2 is 1.78 bits per heavy atom. The molecule has 6 atom stereocenters. The van der Waals surface area contributed by atoms with E-state index in [1.165, 1.54) is 24.3 Å². The van der Waals surface area contributed by atoms with Gasteiger partial charge in [0.2, 0.25) is 11.8 Å². The van der Waals surface area contributed by atoms with Crippen LogP contribution in [0.3, 0.4) is 0 Å². The number of imide groups is 2. The zero-order valence-corrected chi connectivity index (χ0v) is 25.5. The number of fused-ring (bicyclic) bond motifs is 4. The maximum absolute atomic E-state index is 14.0. The first-order chi connectivity index (χ1) is 19.4. The van der Waals surface area contributed by atoms with Crippen molar-refractivity contribution in [3.8, 4) is 5.75 Å². The van der Waals surface area contributed by atoms with Crippen molar-refractivity contribution >= 4 is 90.1 Å². The summed E-state index contributed by atoms with van der Waals surface area (Å²) in [5, 5.41) is 22.3. The maximum atomic E-state index is 14.0. The predicted molar refractivity (Wildman–Crippen MR) is 155 cm³/mol. The van der Waals surface area contributed by atoms with Crippen molar-refractivity contribution in [3.63, 3.8) is 0 Å². The molecule has 4 amide bonds. The highest BCUT2D eigenvalue weighted by atomic mass is 79.9.